The van der Waals surface area contributed by atoms with Gasteiger partial charge in [-0.05, 0) is 18.9 Å². The van der Waals surface area contributed by atoms with Crippen molar-refractivity contribution in [3.8, 4) is 0 Å². The maximum absolute atomic E-state index is 11.1. The molecule has 0 atom stereocenters. The number of carboxylic acid groups (broad SMARTS) is 1. The standard InChI is InChI=1S/C11H13N5O2/c12-9-8(11(17)18)10-13-7(3-6-16(10)14-9)15-4-1-2-5-15/h3,6H,1-2,4-5H2,(H2,12,14)(H,17,18). The molecule has 0 saturated carbocycles. The van der Waals surface area contributed by atoms with Crippen molar-refractivity contribution in [2.75, 3.05) is 23.7 Å². The third kappa shape index (κ3) is 1.55. The molecular weight excluding hydrogens is 234 g/mol. The van der Waals surface area contributed by atoms with Crippen LogP contribution in [0.15, 0.2) is 12.3 Å². The first kappa shape index (κ1) is 10.8. The quantitative estimate of drug-likeness (QED) is 0.807. The lowest BCUT2D eigenvalue weighted by Crippen LogP contribution is -2.19. The molecule has 7 nitrogen and oxygen atoms in total. The maximum atomic E-state index is 11.1. The van der Waals surface area contributed by atoms with Crippen LogP contribution < -0.4 is 10.6 Å². The third-order valence-electron chi connectivity index (χ3n) is 3.14. The molecular formula is C11H13N5O2. The fourth-order valence-electron chi connectivity index (χ4n) is 2.26. The van der Waals surface area contributed by atoms with Gasteiger partial charge in [0.1, 0.15) is 11.4 Å². The molecule has 1 fully saturated rings. The topological polar surface area (TPSA) is 96.8 Å². The van der Waals surface area contributed by atoms with Crippen molar-refractivity contribution in [1.82, 2.24) is 14.6 Å². The molecule has 0 amide bonds. The number of rotatable bonds is 2. The summed E-state index contributed by atoms with van der Waals surface area (Å²) in [7, 11) is 0. The predicted octanol–water partition coefficient (Wildman–Crippen LogP) is 0.610. The zero-order valence-corrected chi connectivity index (χ0v) is 9.70. The molecule has 3 N–H and O–H groups in total. The van der Waals surface area contributed by atoms with E-state index in [0.717, 1.165) is 31.7 Å². The summed E-state index contributed by atoms with van der Waals surface area (Å²) in [5.74, 6) is -0.329. The van der Waals surface area contributed by atoms with Crippen LogP contribution in [0, 0.1) is 0 Å². The van der Waals surface area contributed by atoms with Crippen molar-refractivity contribution in [3.63, 3.8) is 0 Å². The Balaban J connectivity index is 2.14. The van der Waals surface area contributed by atoms with Gasteiger partial charge in [0.15, 0.2) is 11.5 Å². The predicted molar refractivity (Wildman–Crippen MR) is 65.8 cm³/mol. The molecule has 94 valence electrons. The molecule has 18 heavy (non-hydrogen) atoms. The second-order valence-corrected chi connectivity index (χ2v) is 4.31. The molecule has 3 rings (SSSR count). The second-order valence-electron chi connectivity index (χ2n) is 4.31. The number of carboxylic acids is 1. The Kier molecular flexibility index (Phi) is 2.32. The monoisotopic (exact) mass is 247 g/mol. The largest absolute Gasteiger partial charge is 0.477 e. The summed E-state index contributed by atoms with van der Waals surface area (Å²) in [5.41, 5.74) is 5.86. The Morgan fingerprint density at radius 1 is 1.39 bits per heavy atom. The highest BCUT2D eigenvalue weighted by molar-refractivity contribution is 5.99. The molecule has 1 aliphatic rings. The van der Waals surface area contributed by atoms with Crippen molar-refractivity contribution >= 4 is 23.3 Å². The summed E-state index contributed by atoms with van der Waals surface area (Å²) in [6.07, 6.45) is 3.97. The first-order chi connectivity index (χ1) is 8.66. The zero-order chi connectivity index (χ0) is 12.7. The first-order valence-electron chi connectivity index (χ1n) is 5.80. The molecule has 2 aromatic heterocycles. The van der Waals surface area contributed by atoms with E-state index in [1.165, 1.54) is 4.52 Å². The maximum Gasteiger partial charge on any atom is 0.343 e. The van der Waals surface area contributed by atoms with Crippen LogP contribution in [0.25, 0.3) is 5.65 Å². The molecule has 3 heterocycles. The zero-order valence-electron chi connectivity index (χ0n) is 9.70. The fraction of sp³-hybridized carbons (Fsp3) is 0.364. The van der Waals surface area contributed by atoms with Crippen LogP contribution >= 0.6 is 0 Å². The number of aromatic carboxylic acids is 1. The summed E-state index contributed by atoms with van der Waals surface area (Å²) in [4.78, 5) is 17.6. The molecule has 1 saturated heterocycles. The minimum atomic E-state index is -1.10. The van der Waals surface area contributed by atoms with Gasteiger partial charge in [0.2, 0.25) is 0 Å². The first-order valence-corrected chi connectivity index (χ1v) is 5.80. The minimum absolute atomic E-state index is 0.00595. The molecule has 0 bridgehead atoms. The van der Waals surface area contributed by atoms with Crippen LogP contribution in [0.2, 0.25) is 0 Å². The molecule has 0 unspecified atom stereocenters. The van der Waals surface area contributed by atoms with Crippen molar-refractivity contribution in [3.05, 3.63) is 17.8 Å². The number of hydrogen-bond acceptors (Lipinski definition) is 5. The Morgan fingerprint density at radius 2 is 2.11 bits per heavy atom. The van der Waals surface area contributed by atoms with Crippen LogP contribution in [-0.2, 0) is 0 Å². The van der Waals surface area contributed by atoms with Crippen molar-refractivity contribution < 1.29 is 9.90 Å². The summed E-state index contributed by atoms with van der Waals surface area (Å²) < 4.78 is 1.40. The van der Waals surface area contributed by atoms with Crippen LogP contribution in [0.4, 0.5) is 11.6 Å². The average Bonchev–Trinajstić information content (AvgIpc) is 2.92. The van der Waals surface area contributed by atoms with E-state index in [2.05, 4.69) is 15.0 Å². The lowest BCUT2D eigenvalue weighted by Gasteiger charge is -2.15. The van der Waals surface area contributed by atoms with Gasteiger partial charge in [0, 0.05) is 19.3 Å². The number of nitrogens with zero attached hydrogens (tertiary/aromatic N) is 4. The lowest BCUT2D eigenvalue weighted by molar-refractivity contribution is 0.0700. The number of hydrogen-bond donors (Lipinski definition) is 2. The lowest BCUT2D eigenvalue weighted by atomic mass is 10.3. The molecule has 0 aromatic carbocycles. The van der Waals surface area contributed by atoms with Gasteiger partial charge in [-0.2, -0.15) is 0 Å². The summed E-state index contributed by atoms with van der Waals surface area (Å²) in [5, 5.41) is 13.1. The highest BCUT2D eigenvalue weighted by Gasteiger charge is 2.20. The smallest absolute Gasteiger partial charge is 0.343 e. The molecule has 0 spiro atoms. The van der Waals surface area contributed by atoms with E-state index in [1.54, 1.807) is 6.20 Å². The van der Waals surface area contributed by atoms with Gasteiger partial charge in [-0.25, -0.2) is 14.3 Å². The number of nitrogens with two attached hydrogens (primary N) is 1. The third-order valence-corrected chi connectivity index (χ3v) is 3.14. The molecule has 1 aliphatic heterocycles. The molecule has 7 heteroatoms. The van der Waals surface area contributed by atoms with Gasteiger partial charge in [-0.15, -0.1) is 5.10 Å². The van der Waals surface area contributed by atoms with Crippen LogP contribution in [0.5, 0.6) is 0 Å². The van der Waals surface area contributed by atoms with Gasteiger partial charge in [-0.1, -0.05) is 0 Å². The van der Waals surface area contributed by atoms with Gasteiger partial charge >= 0.3 is 5.97 Å². The van der Waals surface area contributed by atoms with E-state index in [4.69, 9.17) is 10.8 Å². The fourth-order valence-corrected chi connectivity index (χ4v) is 2.26. The van der Waals surface area contributed by atoms with Crippen molar-refractivity contribution in [2.45, 2.75) is 12.8 Å². The van der Waals surface area contributed by atoms with Crippen LogP contribution in [0.3, 0.4) is 0 Å². The molecule has 2 aromatic rings. The average molecular weight is 247 g/mol. The highest BCUT2D eigenvalue weighted by Crippen LogP contribution is 2.22. The van der Waals surface area contributed by atoms with Crippen molar-refractivity contribution in [2.24, 2.45) is 0 Å². The Labute approximate surface area is 103 Å². The van der Waals surface area contributed by atoms with Gasteiger partial charge < -0.3 is 15.7 Å². The molecule has 0 radical (unpaired) electrons. The second kappa shape index (κ2) is 3.86. The Morgan fingerprint density at radius 3 is 2.78 bits per heavy atom. The number of aromatic nitrogens is 3. The van der Waals surface area contributed by atoms with E-state index in [1.807, 2.05) is 6.07 Å². The van der Waals surface area contributed by atoms with Crippen LogP contribution in [0.1, 0.15) is 23.2 Å². The number of fused-ring (bicyclic) bond motifs is 1. The van der Waals surface area contributed by atoms with Gasteiger partial charge in [-0.3, -0.25) is 0 Å². The summed E-state index contributed by atoms with van der Waals surface area (Å²) in [6, 6.07) is 1.83. The van der Waals surface area contributed by atoms with Crippen LogP contribution in [-0.4, -0.2) is 38.8 Å². The highest BCUT2D eigenvalue weighted by atomic mass is 16.4. The van der Waals surface area contributed by atoms with E-state index in [9.17, 15) is 4.79 Å². The number of carbonyl (C=O) groups is 1. The normalized spacial score (nSPS) is 15.4. The van der Waals surface area contributed by atoms with E-state index in [-0.39, 0.29) is 11.4 Å². The van der Waals surface area contributed by atoms with E-state index in [0.29, 0.717) is 5.65 Å². The van der Waals surface area contributed by atoms with E-state index < -0.39 is 5.97 Å². The number of anilines is 2. The summed E-state index contributed by atoms with van der Waals surface area (Å²) >= 11 is 0. The minimum Gasteiger partial charge on any atom is -0.477 e. The molecule has 0 aliphatic carbocycles. The SMILES string of the molecule is Nc1nn2ccc(N3CCCC3)nc2c1C(=O)O. The Bertz CT molecular complexity index is 615. The summed E-state index contributed by atoms with van der Waals surface area (Å²) in [6.45, 7) is 1.91. The Hall–Kier alpha value is -2.31. The van der Waals surface area contributed by atoms with Gasteiger partial charge in [0.05, 0.1) is 0 Å². The van der Waals surface area contributed by atoms with Crippen molar-refractivity contribution in [1.29, 1.82) is 0 Å². The van der Waals surface area contributed by atoms with E-state index >= 15 is 0 Å². The van der Waals surface area contributed by atoms with Gasteiger partial charge in [0.25, 0.3) is 0 Å². The number of nitrogen functional groups attached to an aromatic ring is 1.